The van der Waals surface area contributed by atoms with Crippen LogP contribution in [-0.2, 0) is 26.9 Å². The van der Waals surface area contributed by atoms with Crippen molar-refractivity contribution in [2.45, 2.75) is 19.5 Å². The molecule has 0 saturated heterocycles. The summed E-state index contributed by atoms with van der Waals surface area (Å²) < 4.78 is 47.2. The van der Waals surface area contributed by atoms with E-state index in [0.717, 1.165) is 12.1 Å². The molecule has 0 fully saturated rings. The summed E-state index contributed by atoms with van der Waals surface area (Å²) in [5, 5.41) is 0. The summed E-state index contributed by atoms with van der Waals surface area (Å²) in [6, 6.07) is 5.13. The Morgan fingerprint density at radius 3 is 2.58 bits per heavy atom. The van der Waals surface area contributed by atoms with Gasteiger partial charge in [0.15, 0.2) is 0 Å². The minimum Gasteiger partial charge on any atom is -0.463 e. The first-order valence-electron chi connectivity index (χ1n) is 5.77. The zero-order valence-corrected chi connectivity index (χ0v) is 10.5. The van der Waals surface area contributed by atoms with Gasteiger partial charge in [-0.05, 0) is 18.1 Å². The molecule has 0 atom stereocenters. The molecule has 1 rings (SSSR count). The van der Waals surface area contributed by atoms with Gasteiger partial charge in [0.05, 0.1) is 18.8 Å². The lowest BCUT2D eigenvalue weighted by Crippen LogP contribution is -2.10. The highest BCUT2D eigenvalue weighted by molar-refractivity contribution is 5.65. The smallest absolute Gasteiger partial charge is 0.416 e. The fraction of sp³-hybridized carbons (Fsp3) is 0.462. The second-order valence-corrected chi connectivity index (χ2v) is 3.90. The van der Waals surface area contributed by atoms with Gasteiger partial charge in [0.2, 0.25) is 0 Å². The summed E-state index contributed by atoms with van der Waals surface area (Å²) in [7, 11) is 0. The monoisotopic (exact) mass is 276 g/mol. The van der Waals surface area contributed by atoms with Gasteiger partial charge in [0.25, 0.3) is 0 Å². The molecule has 106 valence electrons. The minimum atomic E-state index is -4.33. The van der Waals surface area contributed by atoms with Crippen LogP contribution in [0.25, 0.3) is 0 Å². The molecule has 0 aliphatic heterocycles. The second-order valence-electron chi connectivity index (χ2n) is 3.90. The molecule has 1 aromatic carbocycles. The number of benzene rings is 1. The molecule has 0 N–H and O–H groups in total. The highest BCUT2D eigenvalue weighted by Crippen LogP contribution is 2.29. The summed E-state index contributed by atoms with van der Waals surface area (Å²) in [4.78, 5) is 10.4. The molecule has 0 aliphatic carbocycles. The van der Waals surface area contributed by atoms with Crippen LogP contribution in [0.3, 0.4) is 0 Å². The van der Waals surface area contributed by atoms with E-state index in [2.05, 4.69) is 4.74 Å². The third-order valence-electron chi connectivity index (χ3n) is 2.32. The Balaban J connectivity index is 2.32. The van der Waals surface area contributed by atoms with Gasteiger partial charge in [-0.3, -0.25) is 4.79 Å². The number of ether oxygens (including phenoxy) is 2. The molecule has 0 aromatic heterocycles. The number of carbonyl (C=O) groups is 1. The Kier molecular flexibility index (Phi) is 5.82. The number of rotatable bonds is 6. The minimum absolute atomic E-state index is 0.151. The van der Waals surface area contributed by atoms with Gasteiger partial charge in [0.1, 0.15) is 6.61 Å². The topological polar surface area (TPSA) is 35.5 Å². The molecule has 0 unspecified atom stereocenters. The molecule has 0 radical (unpaired) electrons. The van der Waals surface area contributed by atoms with E-state index in [1.807, 2.05) is 0 Å². The van der Waals surface area contributed by atoms with E-state index in [9.17, 15) is 18.0 Å². The molecule has 0 aliphatic rings. The van der Waals surface area contributed by atoms with Gasteiger partial charge in [-0.15, -0.1) is 0 Å². The van der Waals surface area contributed by atoms with E-state index in [1.165, 1.54) is 13.0 Å². The van der Waals surface area contributed by atoms with Crippen LogP contribution in [0.1, 0.15) is 18.1 Å². The molecule has 0 saturated carbocycles. The van der Waals surface area contributed by atoms with Crippen LogP contribution in [0.15, 0.2) is 24.3 Å². The SMILES string of the molecule is CC(=O)OCCOCCc1cccc(C(F)(F)F)c1. The predicted molar refractivity (Wildman–Crippen MR) is 62.6 cm³/mol. The lowest BCUT2D eigenvalue weighted by atomic mass is 10.1. The first kappa shape index (κ1) is 15.5. The van der Waals surface area contributed by atoms with E-state index >= 15 is 0 Å². The lowest BCUT2D eigenvalue weighted by Gasteiger charge is -2.09. The third-order valence-corrected chi connectivity index (χ3v) is 2.32. The molecule has 0 heterocycles. The lowest BCUT2D eigenvalue weighted by molar-refractivity contribution is -0.142. The van der Waals surface area contributed by atoms with Crippen molar-refractivity contribution in [3.8, 4) is 0 Å². The van der Waals surface area contributed by atoms with Gasteiger partial charge >= 0.3 is 12.1 Å². The zero-order valence-electron chi connectivity index (χ0n) is 10.5. The van der Waals surface area contributed by atoms with Gasteiger partial charge in [0, 0.05) is 6.92 Å². The highest BCUT2D eigenvalue weighted by Gasteiger charge is 2.30. The molecule has 3 nitrogen and oxygen atoms in total. The van der Waals surface area contributed by atoms with Gasteiger partial charge in [-0.1, -0.05) is 18.2 Å². The molecule has 6 heteroatoms. The van der Waals surface area contributed by atoms with Crippen LogP contribution in [0, 0.1) is 0 Å². The van der Waals surface area contributed by atoms with Crippen molar-refractivity contribution < 1.29 is 27.4 Å². The largest absolute Gasteiger partial charge is 0.463 e. The number of hydrogen-bond acceptors (Lipinski definition) is 3. The molecular formula is C13H15F3O3. The Bertz CT molecular complexity index is 416. The quantitative estimate of drug-likeness (QED) is 0.592. The molecule has 1 aromatic rings. The summed E-state index contributed by atoms with van der Waals surface area (Å²) in [6.45, 7) is 1.96. The fourth-order valence-corrected chi connectivity index (χ4v) is 1.44. The van der Waals surface area contributed by atoms with E-state index in [-0.39, 0.29) is 25.8 Å². The number of hydrogen-bond donors (Lipinski definition) is 0. The van der Waals surface area contributed by atoms with Crippen LogP contribution in [0.2, 0.25) is 0 Å². The van der Waals surface area contributed by atoms with Crippen molar-refractivity contribution in [3.63, 3.8) is 0 Å². The maximum atomic E-state index is 12.5. The summed E-state index contributed by atoms with van der Waals surface area (Å²) in [5.74, 6) is -0.388. The van der Waals surface area contributed by atoms with Crippen molar-refractivity contribution in [2.24, 2.45) is 0 Å². The average molecular weight is 276 g/mol. The fourth-order valence-electron chi connectivity index (χ4n) is 1.44. The van der Waals surface area contributed by atoms with Gasteiger partial charge < -0.3 is 9.47 Å². The van der Waals surface area contributed by atoms with E-state index in [0.29, 0.717) is 12.0 Å². The van der Waals surface area contributed by atoms with Crippen molar-refractivity contribution in [1.82, 2.24) is 0 Å². The zero-order chi connectivity index (χ0) is 14.3. The van der Waals surface area contributed by atoms with Crippen LogP contribution < -0.4 is 0 Å². The van der Waals surface area contributed by atoms with E-state index < -0.39 is 11.7 Å². The first-order chi connectivity index (χ1) is 8.89. The van der Waals surface area contributed by atoms with Crippen LogP contribution in [-0.4, -0.2) is 25.8 Å². The van der Waals surface area contributed by atoms with Crippen LogP contribution >= 0.6 is 0 Å². The van der Waals surface area contributed by atoms with Crippen LogP contribution in [0.4, 0.5) is 13.2 Å². The van der Waals surface area contributed by atoms with E-state index in [4.69, 9.17) is 4.74 Å². The summed E-state index contributed by atoms with van der Waals surface area (Å²) in [6.07, 6.45) is -3.95. The standard InChI is InChI=1S/C13H15F3O3/c1-10(17)19-8-7-18-6-5-11-3-2-4-12(9-11)13(14,15)16/h2-4,9H,5-8H2,1H3. The highest BCUT2D eigenvalue weighted by atomic mass is 19.4. The van der Waals surface area contributed by atoms with Crippen LogP contribution in [0.5, 0.6) is 0 Å². The average Bonchev–Trinajstić information content (AvgIpc) is 2.32. The third kappa shape index (κ3) is 6.24. The summed E-state index contributed by atoms with van der Waals surface area (Å²) >= 11 is 0. The maximum Gasteiger partial charge on any atom is 0.416 e. The number of alkyl halides is 3. The van der Waals surface area contributed by atoms with Crippen molar-refractivity contribution >= 4 is 5.97 Å². The molecule has 0 spiro atoms. The predicted octanol–water partition coefficient (Wildman–Crippen LogP) is 2.83. The number of esters is 1. The number of carbonyl (C=O) groups excluding carboxylic acids is 1. The molecular weight excluding hydrogens is 261 g/mol. The van der Waals surface area contributed by atoms with E-state index in [1.54, 1.807) is 6.07 Å². The Hall–Kier alpha value is -1.56. The molecule has 0 amide bonds. The maximum absolute atomic E-state index is 12.5. The van der Waals surface area contributed by atoms with Crippen molar-refractivity contribution in [2.75, 3.05) is 19.8 Å². The Labute approximate surface area is 109 Å². The Morgan fingerprint density at radius 2 is 1.95 bits per heavy atom. The molecule has 19 heavy (non-hydrogen) atoms. The van der Waals surface area contributed by atoms with Gasteiger partial charge in [-0.25, -0.2) is 0 Å². The summed E-state index contributed by atoms with van der Waals surface area (Å²) in [5.41, 5.74) is -0.104. The van der Waals surface area contributed by atoms with Gasteiger partial charge in [-0.2, -0.15) is 13.2 Å². The number of halogens is 3. The first-order valence-corrected chi connectivity index (χ1v) is 5.77. The Morgan fingerprint density at radius 1 is 1.21 bits per heavy atom. The van der Waals surface area contributed by atoms with Crippen molar-refractivity contribution in [1.29, 1.82) is 0 Å². The normalized spacial score (nSPS) is 11.4. The van der Waals surface area contributed by atoms with Crippen molar-refractivity contribution in [3.05, 3.63) is 35.4 Å². The molecule has 0 bridgehead atoms. The second kappa shape index (κ2) is 7.13.